The van der Waals surface area contributed by atoms with Gasteiger partial charge in [0.05, 0.1) is 46.7 Å². The van der Waals surface area contributed by atoms with Crippen LogP contribution in [0, 0.1) is 0 Å². The number of aliphatic imine (C=N–C) groups is 1. The van der Waals surface area contributed by atoms with Gasteiger partial charge in [-0.1, -0.05) is 108 Å². The zero-order valence-electron chi connectivity index (χ0n) is 39.3. The first kappa shape index (κ1) is 50.3. The lowest BCUT2D eigenvalue weighted by Gasteiger charge is -2.38. The molecule has 0 amide bonds. The second-order valence-corrected chi connectivity index (χ2v) is 21.1. The number of aromatic amines is 1. The summed E-state index contributed by atoms with van der Waals surface area (Å²) in [7, 11) is 7.25. The molecule has 8 rings (SSSR count). The Morgan fingerprint density at radius 1 is 0.870 bits per heavy atom. The van der Waals surface area contributed by atoms with Crippen molar-refractivity contribution in [1.29, 1.82) is 0 Å². The molecular formula is C50H58N7O9PS2. The Kier molecular flexibility index (Phi) is 17.6. The van der Waals surface area contributed by atoms with Gasteiger partial charge in [0.2, 0.25) is 11.1 Å². The second kappa shape index (κ2) is 24.1. The average molecular weight is 996 g/mol. The molecule has 0 spiro atoms. The SMILES string of the molecule is COCCOC1C(OP(SCCSC(=O)c2ccccc2)N2CCCC2)[C@@H](COC(c2ccccc2)(c2ccc(OC)cc2)c2ccc(OC)cc2)O[C@H]1n1cnc2c(=O)[nH]c(/N=C/N(C)C)nc21. The van der Waals surface area contributed by atoms with Crippen molar-refractivity contribution < 1.29 is 37.7 Å². The molecule has 19 heteroatoms. The maximum Gasteiger partial charge on any atom is 0.280 e. The van der Waals surface area contributed by atoms with Gasteiger partial charge in [-0.3, -0.25) is 23.8 Å². The highest BCUT2D eigenvalue weighted by Crippen LogP contribution is 2.58. The van der Waals surface area contributed by atoms with Crippen molar-refractivity contribution in [3.05, 3.63) is 148 Å². The van der Waals surface area contributed by atoms with Crippen molar-refractivity contribution in [2.24, 2.45) is 4.99 Å². The van der Waals surface area contributed by atoms with Crippen molar-refractivity contribution in [2.45, 2.75) is 43.0 Å². The number of carbonyl (C=O) groups excluding carboxylic acids is 1. The van der Waals surface area contributed by atoms with Crippen LogP contribution < -0.4 is 15.0 Å². The number of H-pyrrole nitrogens is 1. The molecule has 1 N–H and O–H groups in total. The van der Waals surface area contributed by atoms with Gasteiger partial charge in [-0.05, 0) is 53.8 Å². The second-order valence-electron chi connectivity index (χ2n) is 16.4. The normalized spacial score (nSPS) is 19.1. The molecule has 0 aliphatic carbocycles. The number of carbonyl (C=O) groups is 1. The summed E-state index contributed by atoms with van der Waals surface area (Å²) >= 11 is 3.01. The van der Waals surface area contributed by atoms with Gasteiger partial charge < -0.3 is 37.8 Å². The van der Waals surface area contributed by atoms with Crippen LogP contribution in [0.15, 0.2) is 125 Å². The molecule has 3 unspecified atom stereocenters. The van der Waals surface area contributed by atoms with Gasteiger partial charge in [0.1, 0.15) is 35.4 Å². The monoisotopic (exact) mass is 995 g/mol. The van der Waals surface area contributed by atoms with E-state index in [0.29, 0.717) is 35.2 Å². The fourth-order valence-electron chi connectivity index (χ4n) is 8.31. The summed E-state index contributed by atoms with van der Waals surface area (Å²) in [6.45, 7) is 2.27. The number of ether oxygens (including phenoxy) is 6. The van der Waals surface area contributed by atoms with Crippen LogP contribution >= 0.6 is 30.6 Å². The van der Waals surface area contributed by atoms with Gasteiger partial charge in [-0.2, -0.15) is 4.98 Å². The Morgan fingerprint density at radius 3 is 2.13 bits per heavy atom. The first-order valence-electron chi connectivity index (χ1n) is 22.7. The highest BCUT2D eigenvalue weighted by Gasteiger charge is 2.51. The summed E-state index contributed by atoms with van der Waals surface area (Å²) in [6.07, 6.45) is 2.05. The molecule has 4 heterocycles. The van der Waals surface area contributed by atoms with E-state index in [-0.39, 0.29) is 35.4 Å². The molecule has 2 aliphatic rings. The first-order chi connectivity index (χ1) is 33.7. The standard InChI is InChI=1S/C50H58N7O9PS2/c1-55(2)33-52-49-53-45-42(46(58)54-49)51-34-57(45)47-44(63-29-28-60-3)43(66-67(56-26-12-13-27-56)69-31-30-68-48(59)35-14-8-6-9-15-35)41(65-47)32-64-50(36-16-10-7-11-17-36,37-18-22-39(61-4)23-19-37)38-20-24-40(62-5)25-21-38/h6-11,14-25,33-34,41,43-44,47H,12-13,26-32H2,1-5H3,(H,53,54,58)/b52-33+/t41-,43?,44?,47-,67?/m1/s1. The summed E-state index contributed by atoms with van der Waals surface area (Å²) in [6, 6.07) is 35.2. The fourth-order valence-corrected chi connectivity index (χ4v) is 13.6. The summed E-state index contributed by atoms with van der Waals surface area (Å²) in [4.78, 5) is 44.8. The number of fused-ring (bicyclic) bond motifs is 1. The van der Waals surface area contributed by atoms with Gasteiger partial charge in [0.15, 0.2) is 24.9 Å². The van der Waals surface area contributed by atoms with Crippen LogP contribution in [0.2, 0.25) is 0 Å². The van der Waals surface area contributed by atoms with Crippen LogP contribution in [0.4, 0.5) is 5.95 Å². The number of rotatable bonds is 23. The molecule has 5 atom stereocenters. The number of aromatic nitrogens is 4. The summed E-state index contributed by atoms with van der Waals surface area (Å²) in [5, 5.41) is 0.0321. The molecular weight excluding hydrogens is 938 g/mol. The Labute approximate surface area is 411 Å². The van der Waals surface area contributed by atoms with E-state index in [1.54, 1.807) is 54.8 Å². The largest absolute Gasteiger partial charge is 0.497 e. The molecule has 2 aromatic heterocycles. The minimum atomic E-state index is -1.31. The Bertz CT molecular complexity index is 2610. The topological polar surface area (TPSA) is 164 Å². The van der Waals surface area contributed by atoms with Crippen molar-refractivity contribution >= 4 is 59.2 Å². The van der Waals surface area contributed by atoms with Gasteiger partial charge in [-0.15, -0.1) is 0 Å². The van der Waals surface area contributed by atoms with Gasteiger partial charge in [-0.25, -0.2) is 9.98 Å². The van der Waals surface area contributed by atoms with Gasteiger partial charge in [0, 0.05) is 51.4 Å². The summed E-state index contributed by atoms with van der Waals surface area (Å²) < 4.78 is 49.8. The number of thioether (sulfide) groups is 1. The molecule has 16 nitrogen and oxygen atoms in total. The molecule has 4 aromatic carbocycles. The van der Waals surface area contributed by atoms with Crippen molar-refractivity contribution in [2.75, 3.05) is 79.8 Å². The third-order valence-corrected chi connectivity index (χ3v) is 16.9. The Morgan fingerprint density at radius 2 is 1.51 bits per heavy atom. The third-order valence-electron chi connectivity index (χ3n) is 11.7. The lowest BCUT2D eigenvalue weighted by molar-refractivity contribution is -0.0964. The number of nitrogens with one attached hydrogen (secondary N) is 1. The number of hydrogen-bond donors (Lipinski definition) is 1. The number of nitrogens with zero attached hydrogens (tertiary/aromatic N) is 6. The quantitative estimate of drug-likeness (QED) is 0.0214. The predicted octanol–water partition coefficient (Wildman–Crippen LogP) is 8.31. The van der Waals surface area contributed by atoms with E-state index in [4.69, 9.17) is 37.9 Å². The van der Waals surface area contributed by atoms with Crippen molar-refractivity contribution in [3.63, 3.8) is 0 Å². The van der Waals surface area contributed by atoms with E-state index in [0.717, 1.165) is 42.6 Å². The number of benzene rings is 4. The third kappa shape index (κ3) is 11.9. The molecule has 0 radical (unpaired) electrons. The lowest BCUT2D eigenvalue weighted by atomic mass is 9.80. The lowest BCUT2D eigenvalue weighted by Crippen LogP contribution is -2.41. The van der Waals surface area contributed by atoms with Crippen molar-refractivity contribution in [1.82, 2.24) is 29.1 Å². The number of imidazole rings is 1. The van der Waals surface area contributed by atoms with E-state index >= 15 is 0 Å². The van der Waals surface area contributed by atoms with E-state index < -0.39 is 43.2 Å². The molecule has 2 aliphatic heterocycles. The van der Waals surface area contributed by atoms with E-state index in [1.165, 1.54) is 11.8 Å². The maximum atomic E-state index is 13.5. The van der Waals surface area contributed by atoms with Crippen LogP contribution in [0.25, 0.3) is 11.2 Å². The van der Waals surface area contributed by atoms with Gasteiger partial charge >= 0.3 is 0 Å². The average Bonchev–Trinajstić information content (AvgIpc) is 4.16. The summed E-state index contributed by atoms with van der Waals surface area (Å²) in [5.41, 5.74) is 2.03. The van der Waals surface area contributed by atoms with Crippen LogP contribution in [-0.2, 0) is 29.1 Å². The zero-order chi connectivity index (χ0) is 48.2. The van der Waals surface area contributed by atoms with E-state index in [9.17, 15) is 9.59 Å². The fraction of sp³-hybridized carbons (Fsp3) is 0.380. The summed E-state index contributed by atoms with van der Waals surface area (Å²) in [5.74, 6) is 2.78. The smallest absolute Gasteiger partial charge is 0.280 e. The molecule has 2 fully saturated rings. The zero-order valence-corrected chi connectivity index (χ0v) is 41.9. The van der Waals surface area contributed by atoms with E-state index in [1.807, 2.05) is 111 Å². The van der Waals surface area contributed by atoms with E-state index in [2.05, 4.69) is 31.8 Å². The minimum absolute atomic E-state index is 0.0204. The van der Waals surface area contributed by atoms with Gasteiger partial charge in [0.25, 0.3) is 5.56 Å². The Balaban J connectivity index is 1.21. The minimum Gasteiger partial charge on any atom is -0.497 e. The first-order valence-corrected chi connectivity index (χ1v) is 26.5. The Hall–Kier alpha value is -5.14. The van der Waals surface area contributed by atoms with Crippen LogP contribution in [0.5, 0.6) is 11.5 Å². The predicted molar refractivity (Wildman–Crippen MR) is 272 cm³/mol. The molecule has 364 valence electrons. The highest BCUT2D eigenvalue weighted by atomic mass is 32.7. The highest BCUT2D eigenvalue weighted by molar-refractivity contribution is 8.53. The molecule has 2 saturated heterocycles. The van der Waals surface area contributed by atoms with Crippen LogP contribution in [0.1, 0.15) is 46.1 Å². The van der Waals surface area contributed by atoms with Crippen LogP contribution in [0.3, 0.4) is 0 Å². The van der Waals surface area contributed by atoms with Crippen LogP contribution in [-0.4, -0.2) is 139 Å². The molecule has 69 heavy (non-hydrogen) atoms. The molecule has 0 saturated carbocycles. The molecule has 0 bridgehead atoms. The number of hydrogen-bond acceptors (Lipinski definition) is 15. The molecule has 6 aromatic rings. The van der Waals surface area contributed by atoms with Crippen molar-refractivity contribution in [3.8, 4) is 11.5 Å². The maximum absolute atomic E-state index is 13.5. The number of methoxy groups -OCH3 is 3.